The highest BCUT2D eigenvalue weighted by Crippen LogP contribution is 2.40. The number of nitrogen functional groups attached to an aromatic ring is 1. The molecule has 3 N–H and O–H groups in total. The molecule has 17 heavy (non-hydrogen) atoms. The monoisotopic (exact) mass is 250 g/mol. The first kappa shape index (κ1) is 12.6. The first-order valence-corrected chi connectivity index (χ1v) is 7.53. The Labute approximate surface area is 108 Å². The smallest absolute Gasteiger partial charge is 0.0604 e. The number of nitrogens with two attached hydrogens (primary N) is 1. The van der Waals surface area contributed by atoms with E-state index in [-0.39, 0.29) is 0 Å². The molecule has 0 amide bonds. The lowest BCUT2D eigenvalue weighted by atomic mass is 10.1. The normalized spacial score (nSPS) is 18.2. The molecule has 0 spiro atoms. The summed E-state index contributed by atoms with van der Waals surface area (Å²) in [6, 6.07) is 6.09. The summed E-state index contributed by atoms with van der Waals surface area (Å²) >= 11 is 2.01. The second-order valence-corrected chi connectivity index (χ2v) is 6.26. The second-order valence-electron chi connectivity index (χ2n) is 4.99. The van der Waals surface area contributed by atoms with E-state index in [1.165, 1.54) is 31.2 Å². The van der Waals surface area contributed by atoms with Crippen LogP contribution in [0.1, 0.15) is 31.2 Å². The van der Waals surface area contributed by atoms with Gasteiger partial charge in [0.15, 0.2) is 0 Å². The third-order valence-electron chi connectivity index (χ3n) is 3.84. The second kappa shape index (κ2) is 5.21. The number of nitrogens with one attached hydrogen (secondary N) is 1. The van der Waals surface area contributed by atoms with Crippen LogP contribution in [0.3, 0.4) is 0 Å². The third kappa shape index (κ3) is 2.71. The quantitative estimate of drug-likeness (QED) is 0.801. The average molecular weight is 250 g/mol. The molecule has 0 unspecified atom stereocenters. The Morgan fingerprint density at radius 2 is 2.06 bits per heavy atom. The van der Waals surface area contributed by atoms with E-state index in [0.29, 0.717) is 4.75 Å². The number of hydrogen-bond acceptors (Lipinski definition) is 3. The molecule has 1 saturated carbocycles. The van der Waals surface area contributed by atoms with Crippen LogP contribution >= 0.6 is 11.8 Å². The number of rotatable bonds is 4. The number of anilines is 2. The summed E-state index contributed by atoms with van der Waals surface area (Å²) in [5.41, 5.74) is 9.24. The molecule has 1 aromatic rings. The fourth-order valence-corrected chi connectivity index (χ4v) is 3.57. The summed E-state index contributed by atoms with van der Waals surface area (Å²) in [6.07, 6.45) is 7.62. The lowest BCUT2D eigenvalue weighted by Gasteiger charge is -2.28. The zero-order valence-corrected chi connectivity index (χ0v) is 11.6. The summed E-state index contributed by atoms with van der Waals surface area (Å²) in [4.78, 5) is 0. The molecule has 94 valence electrons. The van der Waals surface area contributed by atoms with E-state index in [1.54, 1.807) is 0 Å². The van der Waals surface area contributed by atoms with Gasteiger partial charge < -0.3 is 11.1 Å². The largest absolute Gasteiger partial charge is 0.397 e. The van der Waals surface area contributed by atoms with Crippen LogP contribution in [0.25, 0.3) is 0 Å². The van der Waals surface area contributed by atoms with Crippen molar-refractivity contribution in [2.75, 3.05) is 23.9 Å². The van der Waals surface area contributed by atoms with Crippen molar-refractivity contribution in [2.24, 2.45) is 0 Å². The number of thioether (sulfide) groups is 1. The van der Waals surface area contributed by atoms with Crippen LogP contribution in [-0.2, 0) is 0 Å². The van der Waals surface area contributed by atoms with Gasteiger partial charge in [-0.2, -0.15) is 11.8 Å². The molecule has 0 saturated heterocycles. The van der Waals surface area contributed by atoms with Gasteiger partial charge in [0.05, 0.1) is 11.4 Å². The number of para-hydroxylation sites is 1. The summed E-state index contributed by atoms with van der Waals surface area (Å²) < 4.78 is 0.425. The molecule has 0 heterocycles. The van der Waals surface area contributed by atoms with E-state index in [2.05, 4.69) is 24.6 Å². The van der Waals surface area contributed by atoms with Gasteiger partial charge in [0.25, 0.3) is 0 Å². The van der Waals surface area contributed by atoms with Gasteiger partial charge in [-0.25, -0.2) is 0 Å². The van der Waals surface area contributed by atoms with Crippen molar-refractivity contribution in [1.29, 1.82) is 0 Å². The molecule has 2 nitrogen and oxygen atoms in total. The molecule has 1 aromatic carbocycles. The van der Waals surface area contributed by atoms with Crippen molar-refractivity contribution in [3.63, 3.8) is 0 Å². The van der Waals surface area contributed by atoms with Crippen molar-refractivity contribution in [3.05, 3.63) is 23.8 Å². The Hall–Kier alpha value is -0.830. The predicted octanol–water partition coefficient (Wildman–Crippen LogP) is 3.66. The van der Waals surface area contributed by atoms with Gasteiger partial charge in [-0.05, 0) is 37.7 Å². The minimum atomic E-state index is 0.425. The first-order chi connectivity index (χ1) is 8.17. The summed E-state index contributed by atoms with van der Waals surface area (Å²) in [5.74, 6) is 0. The molecule has 0 aliphatic heterocycles. The van der Waals surface area contributed by atoms with Crippen molar-refractivity contribution >= 4 is 23.1 Å². The Morgan fingerprint density at radius 1 is 1.35 bits per heavy atom. The van der Waals surface area contributed by atoms with E-state index in [9.17, 15) is 0 Å². The van der Waals surface area contributed by atoms with E-state index in [4.69, 9.17) is 5.73 Å². The van der Waals surface area contributed by atoms with E-state index in [0.717, 1.165) is 17.9 Å². The standard InChI is InChI=1S/C14H22N2S/c1-11-6-5-7-12(15)13(11)16-10-14(17-2)8-3-4-9-14/h5-7,16H,3-4,8-10,15H2,1-2H3. The third-order valence-corrected chi connectivity index (χ3v) is 5.26. The average Bonchev–Trinajstić information content (AvgIpc) is 2.78. The van der Waals surface area contributed by atoms with Gasteiger partial charge >= 0.3 is 0 Å². The van der Waals surface area contributed by atoms with Gasteiger partial charge in [0, 0.05) is 11.3 Å². The summed E-state index contributed by atoms with van der Waals surface area (Å²) in [5, 5.41) is 3.57. The van der Waals surface area contributed by atoms with Crippen LogP contribution in [0.4, 0.5) is 11.4 Å². The van der Waals surface area contributed by atoms with Crippen LogP contribution in [0.2, 0.25) is 0 Å². The van der Waals surface area contributed by atoms with Crippen molar-refractivity contribution in [1.82, 2.24) is 0 Å². The summed E-state index contributed by atoms with van der Waals surface area (Å²) in [6.45, 7) is 3.14. The van der Waals surface area contributed by atoms with Gasteiger partial charge in [-0.1, -0.05) is 25.0 Å². The molecule has 0 radical (unpaired) electrons. The summed E-state index contributed by atoms with van der Waals surface area (Å²) in [7, 11) is 0. The zero-order valence-electron chi connectivity index (χ0n) is 10.8. The highest BCUT2D eigenvalue weighted by molar-refractivity contribution is 8.00. The van der Waals surface area contributed by atoms with Crippen LogP contribution < -0.4 is 11.1 Å². The van der Waals surface area contributed by atoms with Crippen molar-refractivity contribution in [3.8, 4) is 0 Å². The van der Waals surface area contributed by atoms with Gasteiger partial charge in [0.1, 0.15) is 0 Å². The van der Waals surface area contributed by atoms with E-state index < -0.39 is 0 Å². The number of aryl methyl sites for hydroxylation is 1. The number of hydrogen-bond donors (Lipinski definition) is 2. The van der Waals surface area contributed by atoms with Gasteiger partial charge in [-0.15, -0.1) is 0 Å². The highest BCUT2D eigenvalue weighted by Gasteiger charge is 2.32. The van der Waals surface area contributed by atoms with Crippen LogP contribution in [-0.4, -0.2) is 17.5 Å². The lowest BCUT2D eigenvalue weighted by molar-refractivity contribution is 0.640. The Bertz CT molecular complexity index is 364. The molecule has 1 fully saturated rings. The van der Waals surface area contributed by atoms with Crippen LogP contribution in [0.15, 0.2) is 18.2 Å². The first-order valence-electron chi connectivity index (χ1n) is 6.31. The molecule has 1 aliphatic rings. The molecular weight excluding hydrogens is 228 g/mol. The zero-order chi connectivity index (χ0) is 12.3. The van der Waals surface area contributed by atoms with Crippen LogP contribution in [0, 0.1) is 6.92 Å². The van der Waals surface area contributed by atoms with E-state index >= 15 is 0 Å². The molecule has 0 atom stereocenters. The molecular formula is C14H22N2S. The Balaban J connectivity index is 2.06. The fourth-order valence-electron chi connectivity index (χ4n) is 2.65. The van der Waals surface area contributed by atoms with E-state index in [1.807, 2.05) is 23.9 Å². The molecule has 2 rings (SSSR count). The van der Waals surface area contributed by atoms with Gasteiger partial charge in [0.2, 0.25) is 0 Å². The number of benzene rings is 1. The predicted molar refractivity (Wildman–Crippen MR) is 78.8 cm³/mol. The molecule has 0 bridgehead atoms. The fraction of sp³-hybridized carbons (Fsp3) is 0.571. The minimum Gasteiger partial charge on any atom is -0.397 e. The highest BCUT2D eigenvalue weighted by atomic mass is 32.2. The Kier molecular flexibility index (Phi) is 3.87. The maximum absolute atomic E-state index is 6.02. The molecule has 0 aromatic heterocycles. The van der Waals surface area contributed by atoms with Crippen LogP contribution in [0.5, 0.6) is 0 Å². The topological polar surface area (TPSA) is 38.0 Å². The van der Waals surface area contributed by atoms with Crippen molar-refractivity contribution in [2.45, 2.75) is 37.4 Å². The lowest BCUT2D eigenvalue weighted by Crippen LogP contribution is -2.30. The molecule has 3 heteroatoms. The molecule has 1 aliphatic carbocycles. The van der Waals surface area contributed by atoms with Crippen molar-refractivity contribution < 1.29 is 0 Å². The maximum Gasteiger partial charge on any atom is 0.0604 e. The van der Waals surface area contributed by atoms with Gasteiger partial charge in [-0.3, -0.25) is 0 Å². The maximum atomic E-state index is 6.02. The minimum absolute atomic E-state index is 0.425. The SMILES string of the molecule is CSC1(CNc2c(C)cccc2N)CCCC1. The Morgan fingerprint density at radius 3 is 2.65 bits per heavy atom.